The molecule has 3 heteroatoms. The summed E-state index contributed by atoms with van der Waals surface area (Å²) < 4.78 is 0.843. The van der Waals surface area contributed by atoms with Crippen LogP contribution in [-0.2, 0) is 12.8 Å². The number of aryl methyl sites for hydroxylation is 1. The van der Waals surface area contributed by atoms with Crippen molar-refractivity contribution in [1.29, 1.82) is 0 Å². The van der Waals surface area contributed by atoms with Gasteiger partial charge in [0.05, 0.1) is 4.34 Å². The minimum absolute atomic E-state index is 0.213. The first-order valence-corrected chi connectivity index (χ1v) is 6.97. The topological polar surface area (TPSA) is 26.0 Å². The minimum atomic E-state index is 0.213. The first kappa shape index (κ1) is 12.6. The number of thiophene rings is 1. The maximum atomic E-state index is 6.13. The molecule has 0 spiro atoms. The van der Waals surface area contributed by atoms with Crippen LogP contribution in [0, 0.1) is 0 Å². The molecule has 2 rings (SSSR count). The molecule has 2 aromatic rings. The van der Waals surface area contributed by atoms with Gasteiger partial charge in [0, 0.05) is 10.9 Å². The quantitative estimate of drug-likeness (QED) is 0.872. The van der Waals surface area contributed by atoms with E-state index in [1.54, 1.807) is 11.3 Å². The molecule has 90 valence electrons. The average molecular weight is 266 g/mol. The zero-order valence-electron chi connectivity index (χ0n) is 9.60. The second-order valence-electron chi connectivity index (χ2n) is 4.19. The van der Waals surface area contributed by atoms with Gasteiger partial charge in [-0.05, 0) is 37.0 Å². The highest BCUT2D eigenvalue weighted by Crippen LogP contribution is 2.22. The summed E-state index contributed by atoms with van der Waals surface area (Å²) in [6.45, 7) is 0. The molecule has 0 aliphatic carbocycles. The Morgan fingerprint density at radius 3 is 2.53 bits per heavy atom. The van der Waals surface area contributed by atoms with E-state index < -0.39 is 0 Å². The normalized spacial score (nSPS) is 12.6. The third-order valence-corrected chi connectivity index (χ3v) is 3.99. The van der Waals surface area contributed by atoms with E-state index in [9.17, 15) is 0 Å². The van der Waals surface area contributed by atoms with Crippen molar-refractivity contribution in [3.8, 4) is 0 Å². The van der Waals surface area contributed by atoms with Crippen molar-refractivity contribution < 1.29 is 0 Å². The molecule has 0 saturated heterocycles. The number of halogens is 1. The highest BCUT2D eigenvalue weighted by Gasteiger charge is 2.06. The molecule has 0 fully saturated rings. The molecular formula is C14H16ClNS. The van der Waals surface area contributed by atoms with E-state index in [0.29, 0.717) is 0 Å². The van der Waals surface area contributed by atoms with Crippen LogP contribution in [0.2, 0.25) is 4.34 Å². The van der Waals surface area contributed by atoms with Crippen LogP contribution >= 0.6 is 22.9 Å². The van der Waals surface area contributed by atoms with Gasteiger partial charge < -0.3 is 5.73 Å². The molecule has 1 aromatic carbocycles. The third kappa shape index (κ3) is 4.15. The predicted molar refractivity (Wildman–Crippen MR) is 75.8 cm³/mol. The second-order valence-corrected chi connectivity index (χ2v) is 5.99. The minimum Gasteiger partial charge on any atom is -0.327 e. The lowest BCUT2D eigenvalue weighted by molar-refractivity contribution is 0.615. The van der Waals surface area contributed by atoms with Crippen LogP contribution in [-0.4, -0.2) is 6.04 Å². The SMILES string of the molecule is NC(CCc1ccccc1)Cc1ccc(Cl)s1. The van der Waals surface area contributed by atoms with Crippen LogP contribution < -0.4 is 5.73 Å². The number of rotatable bonds is 5. The zero-order valence-corrected chi connectivity index (χ0v) is 11.2. The first-order valence-electron chi connectivity index (χ1n) is 5.78. The van der Waals surface area contributed by atoms with Gasteiger partial charge in [0.2, 0.25) is 0 Å². The lowest BCUT2D eigenvalue weighted by Crippen LogP contribution is -2.22. The Bertz CT molecular complexity index is 452. The first-order chi connectivity index (χ1) is 8.24. The molecule has 0 aliphatic rings. The van der Waals surface area contributed by atoms with E-state index in [0.717, 1.165) is 23.6 Å². The smallest absolute Gasteiger partial charge is 0.0931 e. The maximum absolute atomic E-state index is 6.13. The molecule has 1 atom stereocenters. The Labute approximate surface area is 111 Å². The second kappa shape index (κ2) is 6.20. The summed E-state index contributed by atoms with van der Waals surface area (Å²) in [5.74, 6) is 0. The largest absolute Gasteiger partial charge is 0.327 e. The van der Waals surface area contributed by atoms with Crippen molar-refractivity contribution in [3.05, 3.63) is 57.2 Å². The Kier molecular flexibility index (Phi) is 4.60. The van der Waals surface area contributed by atoms with Gasteiger partial charge >= 0.3 is 0 Å². The highest BCUT2D eigenvalue weighted by atomic mass is 35.5. The van der Waals surface area contributed by atoms with Gasteiger partial charge in [-0.2, -0.15) is 0 Å². The molecule has 1 heterocycles. The van der Waals surface area contributed by atoms with E-state index in [4.69, 9.17) is 17.3 Å². The van der Waals surface area contributed by atoms with E-state index in [1.807, 2.05) is 12.1 Å². The van der Waals surface area contributed by atoms with E-state index in [2.05, 4.69) is 30.3 Å². The van der Waals surface area contributed by atoms with E-state index >= 15 is 0 Å². The van der Waals surface area contributed by atoms with Crippen LogP contribution in [0.4, 0.5) is 0 Å². The molecule has 2 N–H and O–H groups in total. The highest BCUT2D eigenvalue weighted by molar-refractivity contribution is 7.16. The van der Waals surface area contributed by atoms with Crippen LogP contribution in [0.1, 0.15) is 16.9 Å². The van der Waals surface area contributed by atoms with Gasteiger partial charge in [0.25, 0.3) is 0 Å². The number of benzene rings is 1. The maximum Gasteiger partial charge on any atom is 0.0931 e. The molecule has 0 aliphatic heterocycles. The summed E-state index contributed by atoms with van der Waals surface area (Å²) in [5.41, 5.74) is 7.48. The van der Waals surface area contributed by atoms with Crippen LogP contribution in [0.25, 0.3) is 0 Å². The van der Waals surface area contributed by atoms with E-state index in [1.165, 1.54) is 10.4 Å². The van der Waals surface area contributed by atoms with Crippen molar-refractivity contribution in [1.82, 2.24) is 0 Å². The Morgan fingerprint density at radius 1 is 1.12 bits per heavy atom. The fourth-order valence-electron chi connectivity index (χ4n) is 1.82. The van der Waals surface area contributed by atoms with Gasteiger partial charge in [-0.3, -0.25) is 0 Å². The van der Waals surface area contributed by atoms with Gasteiger partial charge in [0.1, 0.15) is 0 Å². The van der Waals surface area contributed by atoms with Crippen molar-refractivity contribution >= 4 is 22.9 Å². The summed E-state index contributed by atoms with van der Waals surface area (Å²) in [5, 5.41) is 0. The molecule has 1 nitrogen and oxygen atoms in total. The number of hydrogen-bond donors (Lipinski definition) is 1. The van der Waals surface area contributed by atoms with Gasteiger partial charge in [-0.1, -0.05) is 41.9 Å². The van der Waals surface area contributed by atoms with Crippen LogP contribution in [0.3, 0.4) is 0 Å². The monoisotopic (exact) mass is 265 g/mol. The number of hydrogen-bond acceptors (Lipinski definition) is 2. The fourth-order valence-corrected chi connectivity index (χ4v) is 3.00. The zero-order chi connectivity index (χ0) is 12.1. The van der Waals surface area contributed by atoms with Crippen LogP contribution in [0.5, 0.6) is 0 Å². The van der Waals surface area contributed by atoms with Gasteiger partial charge in [-0.25, -0.2) is 0 Å². The van der Waals surface area contributed by atoms with Crippen LogP contribution in [0.15, 0.2) is 42.5 Å². The van der Waals surface area contributed by atoms with Crippen molar-refractivity contribution in [2.45, 2.75) is 25.3 Å². The molecule has 17 heavy (non-hydrogen) atoms. The lowest BCUT2D eigenvalue weighted by Gasteiger charge is -2.10. The Morgan fingerprint density at radius 2 is 1.88 bits per heavy atom. The Balaban J connectivity index is 1.80. The summed E-state index contributed by atoms with van der Waals surface area (Å²) in [7, 11) is 0. The molecule has 1 aromatic heterocycles. The molecule has 0 amide bonds. The summed E-state index contributed by atoms with van der Waals surface area (Å²) in [6, 6.07) is 14.7. The third-order valence-electron chi connectivity index (χ3n) is 2.74. The molecular weight excluding hydrogens is 250 g/mol. The van der Waals surface area contributed by atoms with Crippen molar-refractivity contribution in [3.63, 3.8) is 0 Å². The van der Waals surface area contributed by atoms with Crippen molar-refractivity contribution in [2.75, 3.05) is 0 Å². The summed E-state index contributed by atoms with van der Waals surface area (Å²) >= 11 is 7.52. The average Bonchev–Trinajstić information content (AvgIpc) is 2.73. The van der Waals surface area contributed by atoms with Gasteiger partial charge in [-0.15, -0.1) is 11.3 Å². The lowest BCUT2D eigenvalue weighted by atomic mass is 10.0. The van der Waals surface area contributed by atoms with Gasteiger partial charge in [0.15, 0.2) is 0 Å². The van der Waals surface area contributed by atoms with E-state index in [-0.39, 0.29) is 6.04 Å². The molecule has 0 bridgehead atoms. The summed E-state index contributed by atoms with van der Waals surface area (Å²) in [6.07, 6.45) is 2.98. The molecule has 0 saturated carbocycles. The Hall–Kier alpha value is -0.830. The predicted octanol–water partition coefficient (Wildman–Crippen LogP) is 3.90. The molecule has 0 radical (unpaired) electrons. The standard InChI is InChI=1S/C14H16ClNS/c15-14-9-8-13(17-14)10-12(16)7-6-11-4-2-1-3-5-11/h1-5,8-9,12H,6-7,10,16H2. The number of nitrogens with two attached hydrogens (primary N) is 1. The summed E-state index contributed by atoms with van der Waals surface area (Å²) in [4.78, 5) is 1.27. The fraction of sp³-hybridized carbons (Fsp3) is 0.286. The van der Waals surface area contributed by atoms with Crippen molar-refractivity contribution in [2.24, 2.45) is 5.73 Å². The molecule has 1 unspecified atom stereocenters.